The third kappa shape index (κ3) is 20.4. The number of fused-ring (bicyclic) bond motifs is 3. The van der Waals surface area contributed by atoms with Gasteiger partial charge in [0.25, 0.3) is 0 Å². The van der Waals surface area contributed by atoms with Crippen LogP contribution in [0.1, 0.15) is 54.9 Å². The van der Waals surface area contributed by atoms with Crippen molar-refractivity contribution in [1.82, 2.24) is 79.0 Å². The Morgan fingerprint density at radius 3 is 1.21 bits per heavy atom. The van der Waals surface area contributed by atoms with Crippen LogP contribution in [0.4, 0.5) is 0 Å². The Kier molecular flexibility index (Phi) is 26.9. The number of aromatic hydroxyl groups is 2. The van der Waals surface area contributed by atoms with E-state index in [1.54, 1.807) is 66.2 Å². The first-order valence-corrected chi connectivity index (χ1v) is 45.2. The van der Waals surface area contributed by atoms with Crippen molar-refractivity contribution in [2.75, 3.05) is 14.2 Å². The fourth-order valence-electron chi connectivity index (χ4n) is 16.3. The van der Waals surface area contributed by atoms with Crippen molar-refractivity contribution < 1.29 is 34.0 Å². The zero-order valence-corrected chi connectivity index (χ0v) is 76.4. The second-order valence-corrected chi connectivity index (χ2v) is 33.1. The minimum Gasteiger partial charge on any atom is -0.504 e. The van der Waals surface area contributed by atoms with Crippen LogP contribution in [0.25, 0.3) is 135 Å². The number of ether oxygens (including phenoxy) is 4. The SMILES string of the molecule is COc1ccc(Cn2nc(-c3ccccc3)c(O)c2-c2nc3ccc(C(N)=O)cc3[nH]2)cc1.COc1ccc(Cn2nc(-c3ncc(-c4cccc(Cl)c4)[nH]3)c(O)c2-c2ccccc2)cc1.N#Cc1ccc2nc(-c3c(OCc4ccccc4)c(-c4ccccc4)nn3Cc3ccccc3)[nH]c2c1.N#Cc1ccc2nc(-c3nn(Cc4ccccc4)c(-c4ccccc4)c3OCc3ccccc3)[nH]c2c1. The van der Waals surface area contributed by atoms with Crippen LogP contribution in [0.3, 0.4) is 0 Å². The molecule has 0 bridgehead atoms. The topological polar surface area (TPSA) is 354 Å². The minimum atomic E-state index is -0.521. The van der Waals surface area contributed by atoms with Gasteiger partial charge in [-0.15, -0.1) is 0 Å². The molecule has 22 aromatic rings. The van der Waals surface area contributed by atoms with E-state index in [1.807, 2.05) is 307 Å². The largest absolute Gasteiger partial charge is 0.504 e. The molecule has 0 radical (unpaired) electrons. The number of benzene rings is 14. The van der Waals surface area contributed by atoms with E-state index in [0.29, 0.717) is 135 Å². The Morgan fingerprint density at radius 1 is 0.357 bits per heavy atom. The summed E-state index contributed by atoms with van der Waals surface area (Å²) in [6.07, 6.45) is 1.71. The zero-order valence-electron chi connectivity index (χ0n) is 75.7. The average molecular weight is 1860 g/mol. The Labute approximate surface area is 808 Å². The lowest BCUT2D eigenvalue weighted by Crippen LogP contribution is -2.10. The Balaban J connectivity index is 0.000000119. The number of methoxy groups -OCH3 is 2. The summed E-state index contributed by atoms with van der Waals surface area (Å²) in [5.41, 5.74) is 27.9. The maximum atomic E-state index is 11.6. The molecule has 0 aliphatic carbocycles. The van der Waals surface area contributed by atoms with Crippen molar-refractivity contribution in [3.63, 3.8) is 0 Å². The number of aromatic nitrogens is 16. The second-order valence-electron chi connectivity index (χ2n) is 32.7. The van der Waals surface area contributed by atoms with Gasteiger partial charge < -0.3 is 54.8 Å². The van der Waals surface area contributed by atoms with Crippen molar-refractivity contribution >= 4 is 50.6 Å². The van der Waals surface area contributed by atoms with E-state index in [4.69, 9.17) is 66.6 Å². The number of nitrogens with zero attached hydrogens (tertiary/aromatic N) is 14. The summed E-state index contributed by atoms with van der Waals surface area (Å²) < 4.78 is 31.0. The molecule has 27 heteroatoms. The molecular formula is C113H88ClN19O7. The van der Waals surface area contributed by atoms with Crippen LogP contribution in [-0.2, 0) is 39.4 Å². The summed E-state index contributed by atoms with van der Waals surface area (Å²) in [6.45, 7) is 2.79. The van der Waals surface area contributed by atoms with Gasteiger partial charge in [0.15, 0.2) is 57.7 Å². The van der Waals surface area contributed by atoms with Crippen LogP contribution in [-0.4, -0.2) is 109 Å². The van der Waals surface area contributed by atoms with Crippen molar-refractivity contribution in [3.05, 3.63) is 431 Å². The molecule has 8 aromatic heterocycles. The standard InChI is InChI=1S/2C31H23N5O.C26H21ClN4O2.C25H21N5O3/c32-19-24-16-17-26-27(18-24)34-31(33-26)28-30(37-21-23-12-6-2-7-13-23)29(25-14-8-3-9-15-25)36(35-28)20-22-10-4-1-5-11-22;32-19-24-16-17-26-27(18-24)34-31(33-26)29-30(37-21-23-12-6-2-7-13-23)28(25-14-8-3-9-15-25)35-36(29)20-22-10-4-1-5-11-22;1-33-21-12-10-17(11-13-21)16-31-24(18-6-3-2-4-7-18)25(32)23(30-31)26-28-15-22(29-26)19-8-5-9-20(27)14-19;1-33-18-10-7-15(8-11-18)14-30-22(23(31)21(29-30)16-5-3-2-4-6-16)25-27-19-12-9-17(24(26)32)13-20(19)28-25/h2*1-18H,20-21H2,(H,33,34);2-15,32H,16H2,1H3,(H,28,29);2-13,31H,14H2,1H3,(H2,26,32)(H,27,28). The van der Waals surface area contributed by atoms with Crippen LogP contribution in [0.15, 0.2) is 376 Å². The van der Waals surface area contributed by atoms with Crippen molar-refractivity contribution in [1.29, 1.82) is 10.5 Å². The highest BCUT2D eigenvalue weighted by Crippen LogP contribution is 2.45. The maximum Gasteiger partial charge on any atom is 0.248 e. The molecule has 14 aromatic carbocycles. The molecule has 8 N–H and O–H groups in total. The lowest BCUT2D eigenvalue weighted by atomic mass is 10.1. The van der Waals surface area contributed by atoms with E-state index in [9.17, 15) is 25.5 Å². The number of nitrogens with two attached hydrogens (primary N) is 1. The molecule has 8 heterocycles. The van der Waals surface area contributed by atoms with Crippen molar-refractivity contribution in [2.24, 2.45) is 5.73 Å². The van der Waals surface area contributed by atoms with Gasteiger partial charge in [0.05, 0.1) is 109 Å². The smallest absolute Gasteiger partial charge is 0.248 e. The van der Waals surface area contributed by atoms with E-state index in [-0.39, 0.29) is 11.5 Å². The molecular weight excluding hydrogens is 1770 g/mol. The first-order valence-electron chi connectivity index (χ1n) is 44.8. The van der Waals surface area contributed by atoms with Crippen molar-refractivity contribution in [3.8, 4) is 149 Å². The van der Waals surface area contributed by atoms with Gasteiger partial charge in [-0.1, -0.05) is 291 Å². The molecule has 0 aliphatic rings. The summed E-state index contributed by atoms with van der Waals surface area (Å²) in [7, 11) is 3.26. The number of nitrogens with one attached hydrogen (secondary N) is 4. The fraction of sp³-hybridized carbons (Fsp3) is 0.0708. The number of imidazole rings is 4. The van der Waals surface area contributed by atoms with E-state index in [1.165, 1.54) is 0 Å². The number of H-pyrrole nitrogens is 4. The molecule has 0 fully saturated rings. The molecule has 140 heavy (non-hydrogen) atoms. The average Bonchev–Trinajstić information content (AvgIpc) is 1.63. The van der Waals surface area contributed by atoms with E-state index < -0.39 is 5.91 Å². The summed E-state index contributed by atoms with van der Waals surface area (Å²) in [4.78, 5) is 43.6. The van der Waals surface area contributed by atoms with E-state index in [2.05, 4.69) is 78.4 Å². The molecule has 0 saturated carbocycles. The molecule has 0 spiro atoms. The third-order valence-electron chi connectivity index (χ3n) is 23.2. The molecule has 684 valence electrons. The van der Waals surface area contributed by atoms with E-state index in [0.717, 1.165) is 118 Å². The van der Waals surface area contributed by atoms with Gasteiger partial charge in [-0.3, -0.25) is 23.5 Å². The van der Waals surface area contributed by atoms with Gasteiger partial charge in [0.1, 0.15) is 58.9 Å². The highest BCUT2D eigenvalue weighted by Gasteiger charge is 2.30. The number of halogens is 1. The predicted octanol–water partition coefficient (Wildman–Crippen LogP) is 23.2. The number of rotatable bonds is 26. The molecule has 26 nitrogen and oxygen atoms in total. The lowest BCUT2D eigenvalue weighted by Gasteiger charge is -2.12. The minimum absolute atomic E-state index is 0.0175. The molecule has 1 amide bonds. The number of hydrogen-bond acceptors (Lipinski definition) is 17. The van der Waals surface area contributed by atoms with Crippen LogP contribution < -0.4 is 24.7 Å². The number of primary amides is 1. The monoisotopic (exact) mass is 1860 g/mol. The molecule has 0 unspecified atom stereocenters. The Bertz CT molecular complexity index is 8120. The quantitative estimate of drug-likeness (QED) is 0.0265. The number of hydrogen-bond donors (Lipinski definition) is 7. The second kappa shape index (κ2) is 41.7. The highest BCUT2D eigenvalue weighted by molar-refractivity contribution is 6.30. The fourth-order valence-corrected chi connectivity index (χ4v) is 16.5. The van der Waals surface area contributed by atoms with Crippen LogP contribution >= 0.6 is 11.6 Å². The molecule has 0 aliphatic heterocycles. The first-order chi connectivity index (χ1) is 68.7. The lowest BCUT2D eigenvalue weighted by molar-refractivity contribution is 0.1000. The van der Waals surface area contributed by atoms with Crippen LogP contribution in [0.2, 0.25) is 5.02 Å². The summed E-state index contributed by atoms with van der Waals surface area (Å²) in [6, 6.07) is 123. The van der Waals surface area contributed by atoms with Gasteiger partial charge in [-0.05, 0) is 124 Å². The van der Waals surface area contributed by atoms with Gasteiger partial charge in [0, 0.05) is 38.4 Å². The zero-order chi connectivity index (χ0) is 95.8. The molecule has 22 rings (SSSR count). The van der Waals surface area contributed by atoms with Gasteiger partial charge in [-0.25, -0.2) is 19.9 Å². The Morgan fingerprint density at radius 2 is 0.729 bits per heavy atom. The summed E-state index contributed by atoms with van der Waals surface area (Å²) in [5.74, 6) is 4.58. The molecule has 0 saturated heterocycles. The van der Waals surface area contributed by atoms with E-state index >= 15 is 0 Å². The number of nitriles is 2. The number of carbonyl (C=O) groups is 1. The van der Waals surface area contributed by atoms with Crippen LogP contribution in [0, 0.1) is 22.7 Å². The number of amides is 1. The maximum absolute atomic E-state index is 11.6. The first kappa shape index (κ1) is 90.3. The van der Waals surface area contributed by atoms with Crippen LogP contribution in [0.5, 0.6) is 34.5 Å². The normalized spacial score (nSPS) is 10.9. The van der Waals surface area contributed by atoms with Gasteiger partial charge >= 0.3 is 0 Å². The summed E-state index contributed by atoms with van der Waals surface area (Å²) >= 11 is 6.13. The van der Waals surface area contributed by atoms with Gasteiger partial charge in [-0.2, -0.15) is 30.9 Å². The predicted molar refractivity (Wildman–Crippen MR) is 542 cm³/mol. The number of aromatic amines is 4. The van der Waals surface area contributed by atoms with Crippen molar-refractivity contribution in [2.45, 2.75) is 39.4 Å². The number of carbonyl (C=O) groups excluding carboxylic acids is 1. The van der Waals surface area contributed by atoms with Gasteiger partial charge in [0.2, 0.25) is 5.91 Å². The highest BCUT2D eigenvalue weighted by atomic mass is 35.5. The Hall–Kier alpha value is -18.9. The molecule has 0 atom stereocenters. The third-order valence-corrected chi connectivity index (χ3v) is 23.5. The summed E-state index contributed by atoms with van der Waals surface area (Å²) in [5, 5.41) is 61.3.